The highest BCUT2D eigenvalue weighted by molar-refractivity contribution is 6.05. The minimum atomic E-state index is -1.68. The van der Waals surface area contributed by atoms with Gasteiger partial charge >= 0.3 is 12.1 Å². The summed E-state index contributed by atoms with van der Waals surface area (Å²) in [6.45, 7) is 6.49. The molecule has 9 nitrogen and oxygen atoms in total. The number of carbonyl (C=O) groups is 3. The predicted molar refractivity (Wildman–Crippen MR) is 113 cm³/mol. The molecule has 0 radical (unpaired) electrons. The van der Waals surface area contributed by atoms with Gasteiger partial charge in [-0.05, 0) is 64.4 Å². The Balaban J connectivity index is 2.20. The number of benzene rings is 1. The molecule has 9 heteroatoms. The molecule has 1 aliphatic rings. The molecule has 1 aromatic rings. The molecular formula is C22H32N2O7. The highest BCUT2D eigenvalue weighted by atomic mass is 16.6. The van der Waals surface area contributed by atoms with Crippen LogP contribution >= 0.6 is 0 Å². The number of ether oxygens (including phenoxy) is 3. The fraction of sp³-hybridized carbons (Fsp3) is 0.591. The number of nitrogens with one attached hydrogen (secondary N) is 2. The van der Waals surface area contributed by atoms with Gasteiger partial charge in [-0.25, -0.2) is 9.59 Å². The molecule has 3 N–H and O–H groups in total. The van der Waals surface area contributed by atoms with Crippen molar-refractivity contribution in [2.45, 2.75) is 63.9 Å². The lowest BCUT2D eigenvalue weighted by Gasteiger charge is -2.28. The van der Waals surface area contributed by atoms with Crippen LogP contribution in [0.4, 0.5) is 4.79 Å². The molecule has 2 rings (SSSR count). The molecule has 1 amide bonds. The maximum atomic E-state index is 13.2. The zero-order valence-corrected chi connectivity index (χ0v) is 18.5. The standard InChI is InChI=1S/C22H32N2O7/c1-22(2,3)31-21(28)24-17(13-14-5-7-15(29-4)8-6-14)18(25)19(20(26)27)30-16-9-11-23-12-10-16/h5-8,16-17,19,23H,9-13H2,1-4H3,(H,24,28)(H,26,27)/t17-,19?/m0/s1. The number of aliphatic carboxylic acids is 1. The quantitative estimate of drug-likeness (QED) is 0.502. The first-order valence-corrected chi connectivity index (χ1v) is 10.3. The van der Waals surface area contributed by atoms with Crippen molar-refractivity contribution in [2.24, 2.45) is 0 Å². The maximum Gasteiger partial charge on any atom is 0.408 e. The van der Waals surface area contributed by atoms with Crippen molar-refractivity contribution >= 4 is 17.8 Å². The van der Waals surface area contributed by atoms with E-state index < -0.39 is 35.6 Å². The van der Waals surface area contributed by atoms with Gasteiger partial charge in [0.15, 0.2) is 5.78 Å². The Hall–Kier alpha value is -2.65. The second kappa shape index (κ2) is 11.1. The number of piperidine rings is 1. The highest BCUT2D eigenvalue weighted by Gasteiger charge is 2.37. The summed E-state index contributed by atoms with van der Waals surface area (Å²) >= 11 is 0. The van der Waals surface area contributed by atoms with Crippen molar-refractivity contribution in [2.75, 3.05) is 20.2 Å². The summed E-state index contributed by atoms with van der Waals surface area (Å²) in [4.78, 5) is 37.4. The van der Waals surface area contributed by atoms with E-state index in [-0.39, 0.29) is 12.5 Å². The second-order valence-corrected chi connectivity index (χ2v) is 8.46. The van der Waals surface area contributed by atoms with Gasteiger partial charge in [0, 0.05) is 6.42 Å². The number of ketones is 1. The molecular weight excluding hydrogens is 404 g/mol. The molecule has 1 saturated heterocycles. The molecule has 2 atom stereocenters. The third-order valence-electron chi connectivity index (χ3n) is 4.73. The number of amides is 1. The van der Waals surface area contributed by atoms with Gasteiger partial charge in [-0.1, -0.05) is 12.1 Å². The summed E-state index contributed by atoms with van der Waals surface area (Å²) in [6.07, 6.45) is -1.51. The average Bonchev–Trinajstić information content (AvgIpc) is 2.70. The van der Waals surface area contributed by atoms with Crippen molar-refractivity contribution in [3.63, 3.8) is 0 Å². The monoisotopic (exact) mass is 436 g/mol. The van der Waals surface area contributed by atoms with Gasteiger partial charge in [-0.2, -0.15) is 0 Å². The topological polar surface area (TPSA) is 123 Å². The van der Waals surface area contributed by atoms with E-state index in [0.717, 1.165) is 5.56 Å². The van der Waals surface area contributed by atoms with Gasteiger partial charge in [0.05, 0.1) is 19.3 Å². The van der Waals surface area contributed by atoms with Gasteiger partial charge < -0.3 is 30.0 Å². The summed E-state index contributed by atoms with van der Waals surface area (Å²) in [7, 11) is 1.54. The van der Waals surface area contributed by atoms with Crippen molar-refractivity contribution in [3.05, 3.63) is 29.8 Å². The zero-order chi connectivity index (χ0) is 23.0. The van der Waals surface area contributed by atoms with Crippen LogP contribution in [0, 0.1) is 0 Å². The van der Waals surface area contributed by atoms with Gasteiger partial charge in [0.25, 0.3) is 0 Å². The van der Waals surface area contributed by atoms with Crippen molar-refractivity contribution in [1.82, 2.24) is 10.6 Å². The number of Topliss-reactive ketones (excluding diaryl/α,β-unsaturated/α-hetero) is 1. The van der Waals surface area contributed by atoms with Crippen LogP contribution < -0.4 is 15.4 Å². The molecule has 0 bridgehead atoms. The summed E-state index contributed by atoms with van der Waals surface area (Å²) < 4.78 is 16.1. The van der Waals surface area contributed by atoms with Crippen LogP contribution in [-0.2, 0) is 25.5 Å². The largest absolute Gasteiger partial charge is 0.497 e. The zero-order valence-electron chi connectivity index (χ0n) is 18.5. The Morgan fingerprint density at radius 1 is 1.16 bits per heavy atom. The SMILES string of the molecule is COc1ccc(C[C@H](NC(=O)OC(C)(C)C)C(=O)C(OC2CCNCC2)C(=O)O)cc1. The Labute approximate surface area is 182 Å². The first-order valence-electron chi connectivity index (χ1n) is 10.3. The van der Waals surface area contributed by atoms with E-state index in [4.69, 9.17) is 14.2 Å². The third-order valence-corrected chi connectivity index (χ3v) is 4.73. The van der Waals surface area contributed by atoms with Gasteiger partial charge in [-0.15, -0.1) is 0 Å². The van der Waals surface area contributed by atoms with E-state index in [2.05, 4.69) is 10.6 Å². The first-order chi connectivity index (χ1) is 14.6. The molecule has 1 fully saturated rings. The molecule has 1 unspecified atom stereocenters. The minimum absolute atomic E-state index is 0.0848. The van der Waals surface area contributed by atoms with E-state index in [1.54, 1.807) is 52.1 Å². The van der Waals surface area contributed by atoms with Gasteiger partial charge in [-0.3, -0.25) is 4.79 Å². The second-order valence-electron chi connectivity index (χ2n) is 8.46. The number of hydrogen-bond donors (Lipinski definition) is 3. The van der Waals surface area contributed by atoms with Crippen LogP contribution in [0.1, 0.15) is 39.2 Å². The fourth-order valence-electron chi connectivity index (χ4n) is 3.22. The average molecular weight is 437 g/mol. The van der Waals surface area contributed by atoms with Crippen LogP contribution in [-0.4, -0.2) is 67.0 Å². The third kappa shape index (κ3) is 8.18. The lowest BCUT2D eigenvalue weighted by molar-refractivity contribution is -0.162. The maximum absolute atomic E-state index is 13.2. The van der Waals surface area contributed by atoms with Gasteiger partial charge in [0.1, 0.15) is 11.4 Å². The van der Waals surface area contributed by atoms with Gasteiger partial charge in [0.2, 0.25) is 6.10 Å². The number of alkyl carbamates (subject to hydrolysis) is 1. The van der Waals surface area contributed by atoms with Crippen LogP contribution in [0.25, 0.3) is 0 Å². The molecule has 0 saturated carbocycles. The molecule has 31 heavy (non-hydrogen) atoms. The van der Waals surface area contributed by atoms with E-state index in [0.29, 0.717) is 31.7 Å². The highest BCUT2D eigenvalue weighted by Crippen LogP contribution is 2.17. The van der Waals surface area contributed by atoms with Crippen molar-refractivity contribution < 1.29 is 33.7 Å². The van der Waals surface area contributed by atoms with E-state index in [1.165, 1.54) is 0 Å². The Morgan fingerprint density at radius 2 is 1.77 bits per heavy atom. The Bertz CT molecular complexity index is 752. The molecule has 0 aromatic heterocycles. The number of hydrogen-bond acceptors (Lipinski definition) is 7. The summed E-state index contributed by atoms with van der Waals surface area (Å²) in [5.41, 5.74) is -0.0449. The molecule has 172 valence electrons. The molecule has 1 heterocycles. The lowest BCUT2D eigenvalue weighted by Crippen LogP contribution is -2.52. The van der Waals surface area contributed by atoms with Crippen LogP contribution in [0.15, 0.2) is 24.3 Å². The summed E-state index contributed by atoms with van der Waals surface area (Å²) in [5, 5.41) is 15.3. The fourth-order valence-corrected chi connectivity index (χ4v) is 3.22. The normalized spacial score (nSPS) is 16.8. The number of carbonyl (C=O) groups excluding carboxylic acids is 2. The Kier molecular flexibility index (Phi) is 8.82. The minimum Gasteiger partial charge on any atom is -0.497 e. The number of rotatable bonds is 9. The number of carboxylic acid groups (broad SMARTS) is 1. The van der Waals surface area contributed by atoms with Crippen molar-refractivity contribution in [1.29, 1.82) is 0 Å². The summed E-state index contributed by atoms with van der Waals surface area (Å²) in [6, 6.07) is 5.82. The van der Waals surface area contributed by atoms with E-state index in [1.807, 2.05) is 0 Å². The Morgan fingerprint density at radius 3 is 2.29 bits per heavy atom. The van der Waals surface area contributed by atoms with E-state index >= 15 is 0 Å². The molecule has 1 aromatic carbocycles. The first kappa shape index (κ1) is 24.6. The molecule has 1 aliphatic heterocycles. The van der Waals surface area contributed by atoms with Crippen molar-refractivity contribution in [3.8, 4) is 5.75 Å². The molecule has 0 aliphatic carbocycles. The van der Waals surface area contributed by atoms with Crippen LogP contribution in [0.5, 0.6) is 5.75 Å². The van der Waals surface area contributed by atoms with Crippen LogP contribution in [0.2, 0.25) is 0 Å². The van der Waals surface area contributed by atoms with E-state index in [9.17, 15) is 19.5 Å². The number of methoxy groups -OCH3 is 1. The lowest BCUT2D eigenvalue weighted by atomic mass is 9.98. The molecule has 0 spiro atoms. The van der Waals surface area contributed by atoms with Crippen LogP contribution in [0.3, 0.4) is 0 Å². The number of carboxylic acids is 1. The smallest absolute Gasteiger partial charge is 0.408 e. The summed E-state index contributed by atoms with van der Waals surface area (Å²) in [5.74, 6) is -1.47. The predicted octanol–water partition coefficient (Wildman–Crippen LogP) is 1.92.